The van der Waals surface area contributed by atoms with E-state index in [0.717, 1.165) is 11.4 Å². The van der Waals surface area contributed by atoms with Crippen molar-refractivity contribution in [3.63, 3.8) is 0 Å². The minimum atomic E-state index is -4.67. The Bertz CT molecular complexity index is 446. The second kappa shape index (κ2) is 6.66. The molecule has 0 aliphatic rings. The van der Waals surface area contributed by atoms with Crippen LogP contribution < -0.4 is 10.4 Å². The largest absolute Gasteiger partial charge is 0.399 e. The summed E-state index contributed by atoms with van der Waals surface area (Å²) in [5.41, 5.74) is 7.18. The first-order chi connectivity index (χ1) is 8.12. The fourth-order valence-corrected chi connectivity index (χ4v) is 1.34. The van der Waals surface area contributed by atoms with E-state index in [2.05, 4.69) is 0 Å². The molecule has 5 N–H and O–H groups in total. The van der Waals surface area contributed by atoms with E-state index in [1.165, 1.54) is 0 Å². The normalized spacial score (nSPS) is 11.6. The van der Waals surface area contributed by atoms with Crippen molar-refractivity contribution in [2.45, 2.75) is 13.8 Å². The van der Waals surface area contributed by atoms with Gasteiger partial charge in [-0.05, 0) is 26.0 Å². The molecule has 0 atom stereocenters. The fraction of sp³-hybridized carbons (Fsp3) is 0.400. The van der Waals surface area contributed by atoms with Crippen molar-refractivity contribution in [2.75, 3.05) is 18.8 Å². The van der Waals surface area contributed by atoms with E-state index in [-0.39, 0.29) is 4.65 Å². The summed E-state index contributed by atoms with van der Waals surface area (Å²) in [4.78, 5) is 0. The summed E-state index contributed by atoms with van der Waals surface area (Å²) in [5, 5.41) is 10.1. The van der Waals surface area contributed by atoms with E-state index < -0.39 is 10.4 Å². The van der Waals surface area contributed by atoms with Crippen molar-refractivity contribution in [3.05, 3.63) is 24.3 Å². The summed E-state index contributed by atoms with van der Waals surface area (Å²) in [6.07, 6.45) is 0. The van der Waals surface area contributed by atoms with E-state index in [1.54, 1.807) is 0 Å². The highest BCUT2D eigenvalue weighted by molar-refractivity contribution is 7.79. The molecule has 0 aliphatic heterocycles. The van der Waals surface area contributed by atoms with E-state index in [4.69, 9.17) is 23.3 Å². The third kappa shape index (κ3) is 6.52. The number of nitrogens with two attached hydrogens (primary N) is 1. The Balaban J connectivity index is 0.000000494. The van der Waals surface area contributed by atoms with Gasteiger partial charge in [-0.3, -0.25) is 9.11 Å². The first-order valence-electron chi connectivity index (χ1n) is 5.28. The van der Waals surface area contributed by atoms with Crippen LogP contribution >= 0.6 is 0 Å². The van der Waals surface area contributed by atoms with E-state index in [9.17, 15) is 5.21 Å². The number of hydrogen-bond donors (Lipinski definition) is 4. The molecule has 104 valence electrons. The van der Waals surface area contributed by atoms with Crippen LogP contribution in [0.1, 0.15) is 13.8 Å². The van der Waals surface area contributed by atoms with Gasteiger partial charge in [-0.25, -0.2) is 5.21 Å². The molecule has 1 aromatic carbocycles. The van der Waals surface area contributed by atoms with Crippen LogP contribution in [0.15, 0.2) is 24.3 Å². The fourth-order valence-electron chi connectivity index (χ4n) is 1.34. The molecule has 0 saturated heterocycles. The number of nitrogens with zero attached hydrogens (tertiary/aromatic N) is 1. The third-order valence-corrected chi connectivity index (χ3v) is 2.42. The molecule has 0 unspecified atom stereocenters. The first kappa shape index (κ1) is 16.8. The maximum absolute atomic E-state index is 10.1. The van der Waals surface area contributed by atoms with Gasteiger partial charge in [0, 0.05) is 17.8 Å². The predicted molar refractivity (Wildman–Crippen MR) is 69.7 cm³/mol. The van der Waals surface area contributed by atoms with Crippen LogP contribution in [-0.4, -0.2) is 35.8 Å². The van der Waals surface area contributed by atoms with Gasteiger partial charge in [0.2, 0.25) is 0 Å². The highest BCUT2D eigenvalue weighted by Gasteiger charge is 2.23. The molecule has 1 rings (SSSR count). The summed E-state index contributed by atoms with van der Waals surface area (Å²) in [6.45, 7) is 5.25. The molecule has 0 fully saturated rings. The van der Waals surface area contributed by atoms with Crippen molar-refractivity contribution < 1.29 is 22.7 Å². The molecule has 0 bridgehead atoms. The number of rotatable bonds is 3. The molecule has 0 spiro atoms. The lowest BCUT2D eigenvalue weighted by atomic mass is 10.2. The van der Waals surface area contributed by atoms with Crippen molar-refractivity contribution in [1.29, 1.82) is 0 Å². The molecule has 0 saturated carbocycles. The monoisotopic (exact) mass is 279 g/mol. The molecule has 0 amide bonds. The Morgan fingerprint density at radius 2 is 1.44 bits per heavy atom. The molecule has 0 radical (unpaired) electrons. The zero-order valence-corrected chi connectivity index (χ0v) is 11.1. The molecule has 18 heavy (non-hydrogen) atoms. The zero-order valence-electron chi connectivity index (χ0n) is 10.3. The maximum Gasteiger partial charge on any atom is 0.394 e. The lowest BCUT2D eigenvalue weighted by molar-refractivity contribution is -0.0709. The molecule has 0 aliphatic carbocycles. The molecular weight excluding hydrogens is 260 g/mol. The summed E-state index contributed by atoms with van der Waals surface area (Å²) >= 11 is 0. The topological polar surface area (TPSA) is 121 Å². The molecule has 1 aromatic rings. The Kier molecular flexibility index (Phi) is 6.22. The molecule has 0 heterocycles. The van der Waals surface area contributed by atoms with Crippen LogP contribution in [0.5, 0.6) is 0 Å². The summed E-state index contributed by atoms with van der Waals surface area (Å²) in [5.74, 6) is 0. The van der Waals surface area contributed by atoms with Crippen molar-refractivity contribution in [3.8, 4) is 0 Å². The van der Waals surface area contributed by atoms with Crippen LogP contribution in [0.2, 0.25) is 0 Å². The lowest BCUT2D eigenvalue weighted by Gasteiger charge is -2.26. The van der Waals surface area contributed by atoms with Crippen LogP contribution in [0.4, 0.5) is 11.4 Å². The van der Waals surface area contributed by atoms with Gasteiger partial charge >= 0.3 is 10.4 Å². The Morgan fingerprint density at radius 1 is 1.11 bits per heavy atom. The van der Waals surface area contributed by atoms with Crippen LogP contribution in [0.3, 0.4) is 0 Å². The summed E-state index contributed by atoms with van der Waals surface area (Å²) in [6, 6.07) is 7.35. The van der Waals surface area contributed by atoms with E-state index >= 15 is 0 Å². The number of anilines is 1. The van der Waals surface area contributed by atoms with Crippen molar-refractivity contribution in [1.82, 2.24) is 4.65 Å². The lowest BCUT2D eigenvalue weighted by Crippen LogP contribution is -2.45. The smallest absolute Gasteiger partial charge is 0.394 e. The van der Waals surface area contributed by atoms with Gasteiger partial charge in [0.15, 0.2) is 5.69 Å². The van der Waals surface area contributed by atoms with Gasteiger partial charge in [0.1, 0.15) is 13.1 Å². The van der Waals surface area contributed by atoms with Gasteiger partial charge < -0.3 is 5.73 Å². The molecule has 7 nitrogen and oxygen atoms in total. The Hall–Kier alpha value is -1.19. The average Bonchev–Trinajstić information content (AvgIpc) is 2.27. The standard InChI is InChI=1S/C10H17N2O.H2O4S/c1-3-12(13,4-2)10-7-5-9(11)6-8-10;1-5(2,3)4/h5-8,13H,3-4,11H2,1-2H3;(H2,1,2,3,4)/q+1;. The van der Waals surface area contributed by atoms with E-state index in [0.29, 0.717) is 13.1 Å². The van der Waals surface area contributed by atoms with Crippen LogP contribution in [-0.2, 0) is 10.4 Å². The van der Waals surface area contributed by atoms with Crippen molar-refractivity contribution >= 4 is 21.8 Å². The predicted octanol–water partition coefficient (Wildman–Crippen LogP) is 1.35. The van der Waals surface area contributed by atoms with Gasteiger partial charge in [0.05, 0.1) is 0 Å². The van der Waals surface area contributed by atoms with E-state index in [1.807, 2.05) is 38.1 Å². The minimum absolute atomic E-state index is 0.0275. The highest BCUT2D eigenvalue weighted by atomic mass is 32.3. The zero-order chi connectivity index (χ0) is 14.4. The summed E-state index contributed by atoms with van der Waals surface area (Å²) in [7, 11) is -4.67. The number of hydroxylamine groups is 2. The SMILES string of the molecule is CC[N+](O)(CC)c1ccc(N)cc1.O=S(=O)(O)O. The molecular formula is C10H19N2O5S+. The van der Waals surface area contributed by atoms with Crippen LogP contribution in [0.25, 0.3) is 0 Å². The second-order valence-electron chi connectivity index (χ2n) is 3.59. The number of hydrogen-bond acceptors (Lipinski definition) is 4. The van der Waals surface area contributed by atoms with Gasteiger partial charge in [-0.2, -0.15) is 13.1 Å². The molecule has 0 aromatic heterocycles. The maximum atomic E-state index is 10.1. The minimum Gasteiger partial charge on any atom is -0.399 e. The summed E-state index contributed by atoms with van der Waals surface area (Å²) < 4.78 is 31.6. The third-order valence-electron chi connectivity index (χ3n) is 2.42. The Labute approximate surface area is 107 Å². The number of nitrogen functional groups attached to an aromatic ring is 1. The molecule has 8 heteroatoms. The quantitative estimate of drug-likeness (QED) is 0.287. The first-order valence-corrected chi connectivity index (χ1v) is 6.68. The average molecular weight is 279 g/mol. The second-order valence-corrected chi connectivity index (χ2v) is 4.49. The number of benzene rings is 1. The number of quaternary nitrogens is 1. The Morgan fingerprint density at radius 3 is 1.72 bits per heavy atom. The van der Waals surface area contributed by atoms with Gasteiger partial charge in [-0.15, -0.1) is 0 Å². The van der Waals surface area contributed by atoms with Gasteiger partial charge in [-0.1, -0.05) is 0 Å². The van der Waals surface area contributed by atoms with Gasteiger partial charge in [0.25, 0.3) is 0 Å². The van der Waals surface area contributed by atoms with Crippen LogP contribution in [0, 0.1) is 0 Å². The highest BCUT2D eigenvalue weighted by Crippen LogP contribution is 2.21. The van der Waals surface area contributed by atoms with Crippen molar-refractivity contribution in [2.24, 2.45) is 0 Å².